The van der Waals surface area contributed by atoms with Gasteiger partial charge in [0.05, 0.1) is 0 Å². The van der Waals surface area contributed by atoms with E-state index >= 15 is 0 Å². The maximum atomic E-state index is 11.5. The van der Waals surface area contributed by atoms with Crippen LogP contribution in [0.25, 0.3) is 0 Å². The largest absolute Gasteiger partial charge is 0.368 e. The molecular formula is C12H19N5O. The first-order chi connectivity index (χ1) is 8.61. The van der Waals surface area contributed by atoms with E-state index in [9.17, 15) is 4.79 Å². The highest BCUT2D eigenvalue weighted by atomic mass is 16.1. The van der Waals surface area contributed by atoms with Gasteiger partial charge in [-0.05, 0) is 26.2 Å². The summed E-state index contributed by atoms with van der Waals surface area (Å²) < 4.78 is 0. The van der Waals surface area contributed by atoms with Crippen LogP contribution in [0.1, 0.15) is 25.0 Å². The van der Waals surface area contributed by atoms with Gasteiger partial charge in [0.25, 0.3) is 0 Å². The number of carbonyl (C=O) groups excluding carboxylic acids is 1. The number of nitrogens with two attached hydrogens (primary N) is 1. The lowest BCUT2D eigenvalue weighted by Gasteiger charge is -2.34. The van der Waals surface area contributed by atoms with Crippen LogP contribution in [0.2, 0.25) is 0 Å². The van der Waals surface area contributed by atoms with E-state index in [2.05, 4.69) is 15.3 Å². The molecule has 1 aromatic rings. The van der Waals surface area contributed by atoms with Gasteiger partial charge in [0.15, 0.2) is 0 Å². The highest BCUT2D eigenvalue weighted by Crippen LogP contribution is 2.24. The first-order valence-corrected chi connectivity index (χ1v) is 6.21. The van der Waals surface area contributed by atoms with Crippen LogP contribution in [0, 0.1) is 6.92 Å². The number of primary amides is 1. The van der Waals surface area contributed by atoms with E-state index in [-0.39, 0.29) is 11.9 Å². The molecule has 6 nitrogen and oxygen atoms in total. The minimum absolute atomic E-state index is 0.252. The topological polar surface area (TPSA) is 84.1 Å². The van der Waals surface area contributed by atoms with Gasteiger partial charge >= 0.3 is 0 Å². The van der Waals surface area contributed by atoms with Crippen LogP contribution in [-0.2, 0) is 4.79 Å². The zero-order valence-electron chi connectivity index (χ0n) is 10.8. The van der Waals surface area contributed by atoms with Crippen molar-refractivity contribution in [1.29, 1.82) is 0 Å². The first-order valence-electron chi connectivity index (χ1n) is 6.21. The van der Waals surface area contributed by atoms with E-state index in [0.29, 0.717) is 5.95 Å². The zero-order valence-corrected chi connectivity index (χ0v) is 10.8. The van der Waals surface area contributed by atoms with Crippen LogP contribution in [0.15, 0.2) is 6.07 Å². The number of hydrogen-bond donors (Lipinski definition) is 2. The molecule has 0 spiro atoms. The molecule has 1 aliphatic heterocycles. The number of aromatic nitrogens is 2. The maximum absolute atomic E-state index is 11.5. The van der Waals surface area contributed by atoms with Gasteiger partial charge in [-0.2, -0.15) is 4.98 Å². The van der Waals surface area contributed by atoms with Crippen molar-refractivity contribution < 1.29 is 4.79 Å². The Morgan fingerprint density at radius 2 is 2.28 bits per heavy atom. The summed E-state index contributed by atoms with van der Waals surface area (Å²) in [4.78, 5) is 22.1. The highest BCUT2D eigenvalue weighted by molar-refractivity contribution is 5.83. The summed E-state index contributed by atoms with van der Waals surface area (Å²) in [6, 6.07) is 1.64. The SMILES string of the molecule is CNc1nc(C)cc(N2CCCCC2C(N)=O)n1. The summed E-state index contributed by atoms with van der Waals surface area (Å²) in [5, 5.41) is 2.93. The molecule has 98 valence electrons. The van der Waals surface area contributed by atoms with Crippen molar-refractivity contribution >= 4 is 17.7 Å². The van der Waals surface area contributed by atoms with E-state index in [0.717, 1.165) is 37.3 Å². The van der Waals surface area contributed by atoms with E-state index in [4.69, 9.17) is 5.73 Å². The molecule has 18 heavy (non-hydrogen) atoms. The van der Waals surface area contributed by atoms with Gasteiger partial charge in [0, 0.05) is 25.4 Å². The molecular weight excluding hydrogens is 230 g/mol. The molecule has 1 fully saturated rings. The number of carbonyl (C=O) groups is 1. The fourth-order valence-electron chi connectivity index (χ4n) is 2.31. The average Bonchev–Trinajstić information content (AvgIpc) is 2.38. The summed E-state index contributed by atoms with van der Waals surface area (Å²) in [7, 11) is 1.78. The van der Waals surface area contributed by atoms with Gasteiger partial charge in [-0.3, -0.25) is 4.79 Å². The van der Waals surface area contributed by atoms with Crippen molar-refractivity contribution in [2.24, 2.45) is 5.73 Å². The third-order valence-corrected chi connectivity index (χ3v) is 3.19. The second-order valence-corrected chi connectivity index (χ2v) is 4.55. The van der Waals surface area contributed by atoms with Crippen LogP contribution < -0.4 is 16.0 Å². The average molecular weight is 249 g/mol. The molecule has 6 heteroatoms. The number of nitrogens with one attached hydrogen (secondary N) is 1. The number of hydrogen-bond acceptors (Lipinski definition) is 5. The Bertz CT molecular complexity index is 448. The smallest absolute Gasteiger partial charge is 0.240 e. The quantitative estimate of drug-likeness (QED) is 0.822. The van der Waals surface area contributed by atoms with E-state index in [1.54, 1.807) is 7.05 Å². The lowest BCUT2D eigenvalue weighted by atomic mass is 10.0. The Kier molecular flexibility index (Phi) is 3.64. The molecule has 0 aliphatic carbocycles. The van der Waals surface area contributed by atoms with Crippen molar-refractivity contribution in [2.75, 3.05) is 23.8 Å². The maximum Gasteiger partial charge on any atom is 0.240 e. The van der Waals surface area contributed by atoms with Crippen molar-refractivity contribution in [2.45, 2.75) is 32.2 Å². The molecule has 1 unspecified atom stereocenters. The van der Waals surface area contributed by atoms with Crippen LogP contribution in [0.5, 0.6) is 0 Å². The summed E-state index contributed by atoms with van der Waals surface area (Å²) >= 11 is 0. The van der Waals surface area contributed by atoms with Gasteiger partial charge in [-0.1, -0.05) is 0 Å². The normalized spacial score (nSPS) is 19.7. The number of amides is 1. The second-order valence-electron chi connectivity index (χ2n) is 4.55. The summed E-state index contributed by atoms with van der Waals surface area (Å²) in [6.45, 7) is 2.72. The Morgan fingerprint density at radius 1 is 1.50 bits per heavy atom. The molecule has 1 amide bonds. The fraction of sp³-hybridized carbons (Fsp3) is 0.583. The summed E-state index contributed by atoms with van der Waals surface area (Å²) in [6.07, 6.45) is 2.89. The molecule has 3 N–H and O–H groups in total. The van der Waals surface area contributed by atoms with Crippen molar-refractivity contribution in [3.8, 4) is 0 Å². The molecule has 1 saturated heterocycles. The van der Waals surface area contributed by atoms with Crippen LogP contribution in [0.3, 0.4) is 0 Å². The summed E-state index contributed by atoms with van der Waals surface area (Å²) in [5.74, 6) is 1.06. The third-order valence-electron chi connectivity index (χ3n) is 3.19. The van der Waals surface area contributed by atoms with Gasteiger partial charge < -0.3 is 16.0 Å². The molecule has 2 heterocycles. The Hall–Kier alpha value is -1.85. The first kappa shape index (κ1) is 12.6. The van der Waals surface area contributed by atoms with Gasteiger partial charge in [-0.15, -0.1) is 0 Å². The van der Waals surface area contributed by atoms with Gasteiger partial charge in [0.1, 0.15) is 11.9 Å². The Labute approximate surface area is 107 Å². The molecule has 0 bridgehead atoms. The lowest BCUT2D eigenvalue weighted by Crippen LogP contribution is -2.48. The monoisotopic (exact) mass is 249 g/mol. The minimum Gasteiger partial charge on any atom is -0.368 e. The zero-order chi connectivity index (χ0) is 13.1. The third kappa shape index (κ3) is 2.52. The van der Waals surface area contributed by atoms with E-state index < -0.39 is 0 Å². The predicted octanol–water partition coefficient (Wildman–Crippen LogP) is 0.671. The van der Waals surface area contributed by atoms with Crippen LogP contribution in [-0.4, -0.2) is 35.5 Å². The highest BCUT2D eigenvalue weighted by Gasteiger charge is 2.28. The molecule has 0 aromatic carbocycles. The number of piperidine rings is 1. The lowest BCUT2D eigenvalue weighted by molar-refractivity contribution is -0.119. The van der Waals surface area contributed by atoms with Crippen molar-refractivity contribution in [1.82, 2.24) is 9.97 Å². The standard InChI is InChI=1S/C12H19N5O/c1-8-7-10(16-12(14-2)15-8)17-6-4-3-5-9(17)11(13)18/h7,9H,3-6H2,1-2H3,(H2,13,18)(H,14,15,16). The van der Waals surface area contributed by atoms with Crippen LogP contribution >= 0.6 is 0 Å². The second kappa shape index (κ2) is 5.20. The van der Waals surface area contributed by atoms with Gasteiger partial charge in [-0.25, -0.2) is 4.98 Å². The predicted molar refractivity (Wildman–Crippen MR) is 70.5 cm³/mol. The molecule has 1 aliphatic rings. The molecule has 0 saturated carbocycles. The Morgan fingerprint density at radius 3 is 2.94 bits per heavy atom. The van der Waals surface area contributed by atoms with E-state index in [1.165, 1.54) is 0 Å². The number of rotatable bonds is 3. The van der Waals surface area contributed by atoms with Gasteiger partial charge in [0.2, 0.25) is 11.9 Å². The Balaban J connectivity index is 2.33. The summed E-state index contributed by atoms with van der Waals surface area (Å²) in [5.41, 5.74) is 6.34. The van der Waals surface area contributed by atoms with E-state index in [1.807, 2.05) is 17.9 Å². The number of aryl methyl sites for hydroxylation is 1. The minimum atomic E-state index is -0.281. The fourth-order valence-corrected chi connectivity index (χ4v) is 2.31. The molecule has 2 rings (SSSR count). The molecule has 0 radical (unpaired) electrons. The number of anilines is 2. The van der Waals surface area contributed by atoms with Crippen molar-refractivity contribution in [3.63, 3.8) is 0 Å². The van der Waals surface area contributed by atoms with Crippen LogP contribution in [0.4, 0.5) is 11.8 Å². The van der Waals surface area contributed by atoms with Crippen molar-refractivity contribution in [3.05, 3.63) is 11.8 Å². The molecule has 1 atom stereocenters. The number of nitrogens with zero attached hydrogens (tertiary/aromatic N) is 3. The molecule has 1 aromatic heterocycles.